The molecule has 26 heavy (non-hydrogen) atoms. The molecule has 2 aromatic rings. The first-order valence-corrected chi connectivity index (χ1v) is 8.85. The normalized spacial score (nSPS) is 16.8. The molecule has 0 spiro atoms. The molecular weight excluding hydrogens is 332 g/mol. The van der Waals surface area contributed by atoms with Gasteiger partial charge in [0.25, 0.3) is 5.56 Å². The fraction of sp³-hybridized carbons (Fsp3) is 0.421. The Balaban J connectivity index is 1.75. The average Bonchev–Trinajstić information content (AvgIpc) is 3.11. The lowest BCUT2D eigenvalue weighted by Gasteiger charge is -2.17. The summed E-state index contributed by atoms with van der Waals surface area (Å²) in [5, 5.41) is 3.12. The number of likely N-dealkylation sites (tertiary alicyclic amines) is 1. The van der Waals surface area contributed by atoms with E-state index in [1.54, 1.807) is 4.90 Å². The number of amides is 1. The summed E-state index contributed by atoms with van der Waals surface area (Å²) >= 11 is 0. The van der Waals surface area contributed by atoms with Gasteiger partial charge in [-0.1, -0.05) is 30.3 Å². The van der Waals surface area contributed by atoms with Crippen molar-refractivity contribution in [1.82, 2.24) is 19.4 Å². The predicted molar refractivity (Wildman–Crippen MR) is 99.1 cm³/mol. The van der Waals surface area contributed by atoms with E-state index in [2.05, 4.69) is 5.32 Å². The summed E-state index contributed by atoms with van der Waals surface area (Å²) in [6.45, 7) is 2.35. The molecule has 7 heteroatoms. The Labute approximate surface area is 151 Å². The van der Waals surface area contributed by atoms with E-state index < -0.39 is 11.2 Å². The molecule has 1 amide bonds. The smallest absolute Gasteiger partial charge is 0.331 e. The van der Waals surface area contributed by atoms with E-state index in [9.17, 15) is 14.4 Å². The Bertz CT molecular complexity index is 872. The molecule has 7 nitrogen and oxygen atoms in total. The van der Waals surface area contributed by atoms with Crippen LogP contribution in [0.15, 0.2) is 52.2 Å². The maximum Gasteiger partial charge on any atom is 0.331 e. The molecular formula is C19H24N4O3. The van der Waals surface area contributed by atoms with E-state index in [-0.39, 0.29) is 12.5 Å². The van der Waals surface area contributed by atoms with E-state index in [0.717, 1.165) is 23.1 Å². The zero-order valence-electron chi connectivity index (χ0n) is 14.9. The number of nitrogens with zero attached hydrogens (tertiary/aromatic N) is 3. The largest absolute Gasteiger partial charge is 0.341 e. The molecule has 2 heterocycles. The van der Waals surface area contributed by atoms with E-state index in [1.807, 2.05) is 37.4 Å². The van der Waals surface area contributed by atoms with Crippen molar-refractivity contribution in [3.63, 3.8) is 0 Å². The van der Waals surface area contributed by atoms with Crippen LogP contribution in [0.3, 0.4) is 0 Å². The molecule has 1 aliphatic rings. The molecule has 0 bridgehead atoms. The lowest BCUT2D eigenvalue weighted by Crippen LogP contribution is -2.44. The van der Waals surface area contributed by atoms with Gasteiger partial charge in [0, 0.05) is 25.4 Å². The van der Waals surface area contributed by atoms with Crippen LogP contribution in [0.2, 0.25) is 0 Å². The van der Waals surface area contributed by atoms with Crippen LogP contribution in [0.5, 0.6) is 0 Å². The van der Waals surface area contributed by atoms with E-state index >= 15 is 0 Å². The van der Waals surface area contributed by atoms with Gasteiger partial charge in [-0.15, -0.1) is 0 Å². The molecule has 0 aliphatic carbocycles. The lowest BCUT2D eigenvalue weighted by atomic mass is 10.1. The van der Waals surface area contributed by atoms with Crippen LogP contribution in [0.4, 0.5) is 0 Å². The Morgan fingerprint density at radius 1 is 1.19 bits per heavy atom. The van der Waals surface area contributed by atoms with Crippen molar-refractivity contribution in [2.45, 2.75) is 19.5 Å². The van der Waals surface area contributed by atoms with Crippen molar-refractivity contribution in [3.05, 3.63) is 69.0 Å². The Kier molecular flexibility index (Phi) is 5.68. The number of rotatable bonds is 6. The monoisotopic (exact) mass is 356 g/mol. The maximum absolute atomic E-state index is 12.7. The quantitative estimate of drug-likeness (QED) is 0.798. The molecule has 1 aromatic heterocycles. The minimum atomic E-state index is -0.458. The third-order valence-electron chi connectivity index (χ3n) is 4.76. The minimum absolute atomic E-state index is 0.180. The molecule has 1 unspecified atom stereocenters. The van der Waals surface area contributed by atoms with Crippen LogP contribution in [0.25, 0.3) is 0 Å². The van der Waals surface area contributed by atoms with Gasteiger partial charge in [0.15, 0.2) is 0 Å². The highest BCUT2D eigenvalue weighted by Crippen LogP contribution is 2.15. The number of aromatic nitrogens is 2. The molecule has 3 rings (SSSR count). The van der Waals surface area contributed by atoms with Gasteiger partial charge in [-0.05, 0) is 31.5 Å². The predicted octanol–water partition coefficient (Wildman–Crippen LogP) is 0.126. The van der Waals surface area contributed by atoms with E-state index in [0.29, 0.717) is 25.6 Å². The van der Waals surface area contributed by atoms with Crippen molar-refractivity contribution in [1.29, 1.82) is 0 Å². The zero-order valence-corrected chi connectivity index (χ0v) is 14.9. The number of benzene rings is 1. The van der Waals surface area contributed by atoms with Gasteiger partial charge in [0.05, 0.1) is 6.54 Å². The number of carbonyl (C=O) groups is 1. The molecule has 1 saturated heterocycles. The highest BCUT2D eigenvalue weighted by Gasteiger charge is 2.26. The molecule has 1 aromatic carbocycles. The Hall–Kier alpha value is -2.67. The van der Waals surface area contributed by atoms with Gasteiger partial charge in [-0.25, -0.2) is 4.79 Å². The lowest BCUT2D eigenvalue weighted by molar-refractivity contribution is -0.131. The molecule has 0 saturated carbocycles. The topological polar surface area (TPSA) is 76.3 Å². The number of nitrogens with one attached hydrogen (secondary N) is 1. The van der Waals surface area contributed by atoms with Gasteiger partial charge in [0.1, 0.15) is 6.54 Å². The van der Waals surface area contributed by atoms with Crippen molar-refractivity contribution in [2.24, 2.45) is 5.92 Å². The molecule has 1 aliphatic heterocycles. The number of hydrogen-bond donors (Lipinski definition) is 1. The summed E-state index contributed by atoms with van der Waals surface area (Å²) in [5.41, 5.74) is 0.0554. The fourth-order valence-corrected chi connectivity index (χ4v) is 3.35. The molecule has 1 atom stereocenters. The second kappa shape index (κ2) is 8.14. The minimum Gasteiger partial charge on any atom is -0.341 e. The second-order valence-corrected chi connectivity index (χ2v) is 6.69. The first-order valence-electron chi connectivity index (χ1n) is 8.85. The first kappa shape index (κ1) is 18.1. The standard InChI is InChI=1S/C19H24N4O3/c1-20-11-16-7-9-21(13-16)18(25)14-23-17(24)8-10-22(19(23)26)12-15-5-3-2-4-6-15/h2-6,8,10,16,20H,7,9,11-14H2,1H3. The van der Waals surface area contributed by atoms with Crippen LogP contribution in [0.1, 0.15) is 12.0 Å². The van der Waals surface area contributed by atoms with Crippen LogP contribution in [-0.4, -0.2) is 46.6 Å². The van der Waals surface area contributed by atoms with E-state index in [4.69, 9.17) is 0 Å². The highest BCUT2D eigenvalue weighted by atomic mass is 16.2. The molecule has 138 valence electrons. The van der Waals surface area contributed by atoms with Crippen molar-refractivity contribution >= 4 is 5.91 Å². The number of hydrogen-bond acceptors (Lipinski definition) is 4. The van der Waals surface area contributed by atoms with Crippen LogP contribution in [-0.2, 0) is 17.9 Å². The average molecular weight is 356 g/mol. The SMILES string of the molecule is CNCC1CCN(C(=O)Cn2c(=O)ccn(Cc3ccccc3)c2=O)C1. The van der Waals surface area contributed by atoms with E-state index in [1.165, 1.54) is 16.8 Å². The van der Waals surface area contributed by atoms with Gasteiger partial charge in [-0.2, -0.15) is 0 Å². The summed E-state index contributed by atoms with van der Waals surface area (Å²) in [6, 6.07) is 10.9. The maximum atomic E-state index is 12.7. The van der Waals surface area contributed by atoms with Crippen molar-refractivity contribution in [2.75, 3.05) is 26.7 Å². The van der Waals surface area contributed by atoms with Gasteiger partial charge in [0.2, 0.25) is 5.91 Å². The summed E-state index contributed by atoms with van der Waals surface area (Å²) in [5.74, 6) is 0.242. The number of carbonyl (C=O) groups excluding carboxylic acids is 1. The van der Waals surface area contributed by atoms with Gasteiger partial charge < -0.3 is 10.2 Å². The second-order valence-electron chi connectivity index (χ2n) is 6.69. The van der Waals surface area contributed by atoms with Crippen LogP contribution < -0.4 is 16.6 Å². The first-order chi connectivity index (χ1) is 12.6. The third kappa shape index (κ3) is 4.11. The Morgan fingerprint density at radius 2 is 1.96 bits per heavy atom. The van der Waals surface area contributed by atoms with Gasteiger partial charge in [-0.3, -0.25) is 18.7 Å². The molecule has 0 radical (unpaired) electrons. The Morgan fingerprint density at radius 3 is 2.69 bits per heavy atom. The van der Waals surface area contributed by atoms with Crippen LogP contribution >= 0.6 is 0 Å². The third-order valence-corrected chi connectivity index (χ3v) is 4.76. The fourth-order valence-electron chi connectivity index (χ4n) is 3.35. The summed E-state index contributed by atoms with van der Waals surface area (Å²) < 4.78 is 2.48. The van der Waals surface area contributed by atoms with Crippen molar-refractivity contribution < 1.29 is 4.79 Å². The molecule has 1 fully saturated rings. The van der Waals surface area contributed by atoms with Crippen molar-refractivity contribution in [3.8, 4) is 0 Å². The highest BCUT2D eigenvalue weighted by molar-refractivity contribution is 5.76. The van der Waals surface area contributed by atoms with Crippen LogP contribution in [0, 0.1) is 5.92 Å². The van der Waals surface area contributed by atoms with Gasteiger partial charge >= 0.3 is 5.69 Å². The zero-order chi connectivity index (χ0) is 18.5. The summed E-state index contributed by atoms with van der Waals surface area (Å²) in [6.07, 6.45) is 2.42. The summed E-state index contributed by atoms with van der Waals surface area (Å²) in [7, 11) is 1.89. The molecule has 1 N–H and O–H groups in total. The summed E-state index contributed by atoms with van der Waals surface area (Å²) in [4.78, 5) is 39.1.